The van der Waals surface area contributed by atoms with E-state index in [-0.39, 0.29) is 6.61 Å². The van der Waals surface area contributed by atoms with Gasteiger partial charge in [0.2, 0.25) is 6.10 Å². The number of para-hydroxylation sites is 2. The Balaban J connectivity index is 1.51. The molecule has 1 amide bonds. The molecular weight excluding hydrogens is 354 g/mol. The summed E-state index contributed by atoms with van der Waals surface area (Å²) >= 11 is 0. The summed E-state index contributed by atoms with van der Waals surface area (Å²) in [6, 6.07) is 11.9. The van der Waals surface area contributed by atoms with Crippen molar-refractivity contribution < 1.29 is 33.3 Å². The molecule has 1 atom stereocenters. The molecule has 1 N–H and O–H groups in total. The maximum Gasteiger partial charge on any atom is 0.351 e. The van der Waals surface area contributed by atoms with Gasteiger partial charge in [-0.05, 0) is 24.3 Å². The number of carbonyl (C=O) groups excluding carboxylic acids is 2. The Bertz CT molecular complexity index is 837. The maximum atomic E-state index is 12.1. The topological polar surface area (TPSA) is 92.3 Å². The van der Waals surface area contributed by atoms with Gasteiger partial charge < -0.3 is 29.0 Å². The zero-order chi connectivity index (χ0) is 19.2. The van der Waals surface area contributed by atoms with Crippen LogP contribution in [-0.4, -0.2) is 45.4 Å². The summed E-state index contributed by atoms with van der Waals surface area (Å²) in [6.07, 6.45) is -0.922. The Morgan fingerprint density at radius 2 is 1.81 bits per heavy atom. The highest BCUT2D eigenvalue weighted by atomic mass is 16.6. The van der Waals surface area contributed by atoms with Gasteiger partial charge in [-0.1, -0.05) is 12.1 Å². The zero-order valence-electron chi connectivity index (χ0n) is 14.9. The van der Waals surface area contributed by atoms with Crippen molar-refractivity contribution in [3.8, 4) is 23.0 Å². The van der Waals surface area contributed by atoms with E-state index >= 15 is 0 Å². The van der Waals surface area contributed by atoms with Crippen molar-refractivity contribution in [2.75, 3.05) is 32.8 Å². The van der Waals surface area contributed by atoms with Gasteiger partial charge in [-0.3, -0.25) is 4.79 Å². The normalized spacial score (nSPS) is 14.8. The number of carbonyl (C=O) groups is 2. The molecule has 0 saturated heterocycles. The van der Waals surface area contributed by atoms with Gasteiger partial charge in [0.15, 0.2) is 29.6 Å². The molecule has 142 valence electrons. The van der Waals surface area contributed by atoms with Crippen molar-refractivity contribution in [2.45, 2.75) is 6.10 Å². The molecule has 0 saturated carbocycles. The first-order valence-corrected chi connectivity index (χ1v) is 8.17. The Kier molecular flexibility index (Phi) is 5.65. The van der Waals surface area contributed by atoms with Crippen LogP contribution < -0.4 is 24.3 Å². The largest absolute Gasteiger partial charge is 0.493 e. The van der Waals surface area contributed by atoms with Crippen LogP contribution in [0, 0.1) is 0 Å². The minimum Gasteiger partial charge on any atom is -0.493 e. The maximum absolute atomic E-state index is 12.1. The molecule has 0 aliphatic carbocycles. The second-order valence-corrected chi connectivity index (χ2v) is 5.59. The number of rotatable bonds is 6. The Morgan fingerprint density at radius 3 is 2.56 bits per heavy atom. The van der Waals surface area contributed by atoms with Crippen LogP contribution in [0.1, 0.15) is 0 Å². The smallest absolute Gasteiger partial charge is 0.351 e. The highest BCUT2D eigenvalue weighted by Gasteiger charge is 2.29. The molecule has 2 aromatic rings. The molecule has 1 heterocycles. The highest BCUT2D eigenvalue weighted by Crippen LogP contribution is 2.31. The van der Waals surface area contributed by atoms with E-state index in [0.717, 1.165) is 0 Å². The second kappa shape index (κ2) is 8.31. The summed E-state index contributed by atoms with van der Waals surface area (Å²) in [6.45, 7) is -0.429. The van der Waals surface area contributed by atoms with Crippen LogP contribution in [0.2, 0.25) is 0 Å². The average molecular weight is 373 g/mol. The number of fused-ring (bicyclic) bond motifs is 1. The van der Waals surface area contributed by atoms with Crippen LogP contribution in [0.4, 0.5) is 5.69 Å². The van der Waals surface area contributed by atoms with Crippen LogP contribution >= 0.6 is 0 Å². The number of hydrogen-bond donors (Lipinski definition) is 1. The molecule has 0 unspecified atom stereocenters. The van der Waals surface area contributed by atoms with E-state index in [2.05, 4.69) is 5.32 Å². The summed E-state index contributed by atoms with van der Waals surface area (Å²) in [5.41, 5.74) is 0.486. The molecule has 2 aromatic carbocycles. The van der Waals surface area contributed by atoms with Gasteiger partial charge in [0.05, 0.1) is 14.2 Å². The van der Waals surface area contributed by atoms with Crippen LogP contribution in [0.3, 0.4) is 0 Å². The van der Waals surface area contributed by atoms with E-state index in [9.17, 15) is 9.59 Å². The lowest BCUT2D eigenvalue weighted by Crippen LogP contribution is -2.39. The summed E-state index contributed by atoms with van der Waals surface area (Å²) < 4.78 is 26.3. The summed E-state index contributed by atoms with van der Waals surface area (Å²) in [5, 5.41) is 2.62. The van der Waals surface area contributed by atoms with E-state index in [0.29, 0.717) is 28.7 Å². The first kappa shape index (κ1) is 18.4. The molecular formula is C19H19NO7. The highest BCUT2D eigenvalue weighted by molar-refractivity contribution is 5.93. The van der Waals surface area contributed by atoms with Gasteiger partial charge in [-0.2, -0.15) is 0 Å². The average Bonchev–Trinajstić information content (AvgIpc) is 2.71. The fraction of sp³-hybridized carbons (Fsp3) is 0.263. The standard InChI is InChI=1S/C19H19NO7/c1-23-13-8-7-12(9-16(13)24-2)20-18(21)11-26-19(22)17-10-25-14-5-3-4-6-15(14)27-17/h3-9,17H,10-11H2,1-2H3,(H,20,21)/t17-/m1/s1. The van der Waals surface area contributed by atoms with E-state index < -0.39 is 24.6 Å². The summed E-state index contributed by atoms with van der Waals surface area (Å²) in [7, 11) is 3.01. The lowest BCUT2D eigenvalue weighted by atomic mass is 10.2. The van der Waals surface area contributed by atoms with Gasteiger partial charge in [-0.25, -0.2) is 4.79 Å². The number of benzene rings is 2. The lowest BCUT2D eigenvalue weighted by molar-refractivity contribution is -0.156. The van der Waals surface area contributed by atoms with Crippen LogP contribution in [0.5, 0.6) is 23.0 Å². The van der Waals surface area contributed by atoms with Gasteiger partial charge in [0.25, 0.3) is 5.91 Å². The number of nitrogens with one attached hydrogen (secondary N) is 1. The number of anilines is 1. The van der Waals surface area contributed by atoms with Crippen molar-refractivity contribution >= 4 is 17.6 Å². The number of ether oxygens (including phenoxy) is 5. The number of amides is 1. The molecule has 0 bridgehead atoms. The number of methoxy groups -OCH3 is 2. The van der Waals surface area contributed by atoms with Crippen LogP contribution in [0.25, 0.3) is 0 Å². The fourth-order valence-electron chi connectivity index (χ4n) is 2.48. The third-order valence-corrected chi connectivity index (χ3v) is 3.78. The summed E-state index contributed by atoms with van der Waals surface area (Å²) in [4.78, 5) is 24.1. The Labute approximate surface area is 155 Å². The van der Waals surface area contributed by atoms with E-state index in [1.54, 1.807) is 42.5 Å². The monoisotopic (exact) mass is 373 g/mol. The first-order valence-electron chi connectivity index (χ1n) is 8.17. The third kappa shape index (κ3) is 4.41. The minimum atomic E-state index is -0.922. The summed E-state index contributed by atoms with van der Waals surface area (Å²) in [5.74, 6) is 0.864. The third-order valence-electron chi connectivity index (χ3n) is 3.78. The molecule has 27 heavy (non-hydrogen) atoms. The quantitative estimate of drug-likeness (QED) is 0.775. The number of esters is 1. The van der Waals surface area contributed by atoms with Crippen molar-refractivity contribution in [3.63, 3.8) is 0 Å². The Hall–Kier alpha value is -3.42. The molecule has 1 aliphatic rings. The minimum absolute atomic E-state index is 0.0210. The predicted octanol–water partition coefficient (Wildman–Crippen LogP) is 2.03. The number of hydrogen-bond acceptors (Lipinski definition) is 7. The van der Waals surface area contributed by atoms with E-state index in [1.165, 1.54) is 14.2 Å². The molecule has 8 heteroatoms. The molecule has 0 fully saturated rings. The Morgan fingerprint density at radius 1 is 1.07 bits per heavy atom. The van der Waals surface area contributed by atoms with Crippen molar-refractivity contribution in [3.05, 3.63) is 42.5 Å². The van der Waals surface area contributed by atoms with Crippen LogP contribution in [0.15, 0.2) is 42.5 Å². The van der Waals surface area contributed by atoms with Crippen molar-refractivity contribution in [1.82, 2.24) is 0 Å². The van der Waals surface area contributed by atoms with E-state index in [4.69, 9.17) is 23.7 Å². The lowest BCUT2D eigenvalue weighted by Gasteiger charge is -2.24. The van der Waals surface area contributed by atoms with Crippen molar-refractivity contribution in [2.24, 2.45) is 0 Å². The SMILES string of the molecule is COc1ccc(NC(=O)COC(=O)[C@H]2COc3ccccc3O2)cc1OC. The van der Waals surface area contributed by atoms with Gasteiger partial charge in [0, 0.05) is 11.8 Å². The molecule has 8 nitrogen and oxygen atoms in total. The molecule has 0 radical (unpaired) electrons. The van der Waals surface area contributed by atoms with Gasteiger partial charge in [0.1, 0.15) is 6.61 Å². The second-order valence-electron chi connectivity index (χ2n) is 5.59. The molecule has 0 spiro atoms. The van der Waals surface area contributed by atoms with Gasteiger partial charge in [-0.15, -0.1) is 0 Å². The van der Waals surface area contributed by atoms with Gasteiger partial charge >= 0.3 is 5.97 Å². The van der Waals surface area contributed by atoms with Crippen molar-refractivity contribution in [1.29, 1.82) is 0 Å². The fourth-order valence-corrected chi connectivity index (χ4v) is 2.48. The van der Waals surface area contributed by atoms with Crippen LogP contribution in [-0.2, 0) is 14.3 Å². The molecule has 1 aliphatic heterocycles. The first-order chi connectivity index (χ1) is 13.1. The van der Waals surface area contributed by atoms with E-state index in [1.807, 2.05) is 0 Å². The molecule has 3 rings (SSSR count). The molecule has 0 aromatic heterocycles. The predicted molar refractivity (Wildman–Crippen MR) is 95.5 cm³/mol. The zero-order valence-corrected chi connectivity index (χ0v) is 14.9.